The summed E-state index contributed by atoms with van der Waals surface area (Å²) in [5, 5.41) is 12.0. The van der Waals surface area contributed by atoms with Gasteiger partial charge in [0, 0.05) is 25.0 Å². The lowest BCUT2D eigenvalue weighted by atomic mass is 10.1. The predicted molar refractivity (Wildman–Crippen MR) is 67.3 cm³/mol. The molecule has 1 unspecified atom stereocenters. The van der Waals surface area contributed by atoms with Crippen molar-refractivity contribution >= 4 is 17.3 Å². The molecular weight excluding hydrogens is 220 g/mol. The Labute approximate surface area is 101 Å². The number of carboxylic acid groups (broad SMARTS) is 1. The summed E-state index contributed by atoms with van der Waals surface area (Å²) in [6, 6.07) is 4.84. The summed E-state index contributed by atoms with van der Waals surface area (Å²) in [7, 11) is 1.66. The molecule has 0 fully saturated rings. The normalized spacial score (nSPS) is 12.1. The van der Waals surface area contributed by atoms with Gasteiger partial charge in [-0.25, -0.2) is 4.79 Å². The van der Waals surface area contributed by atoms with Gasteiger partial charge in [0.2, 0.25) is 0 Å². The second-order valence-electron chi connectivity index (χ2n) is 4.05. The van der Waals surface area contributed by atoms with Crippen molar-refractivity contribution in [3.8, 4) is 0 Å². The molecule has 4 N–H and O–H groups in total. The summed E-state index contributed by atoms with van der Waals surface area (Å²) in [5.74, 6) is -0.637. The Bertz CT molecular complexity index is 393. The van der Waals surface area contributed by atoms with Gasteiger partial charge in [0.05, 0.1) is 12.2 Å². The number of nitrogens with two attached hydrogens (primary N) is 1. The third-order valence-electron chi connectivity index (χ3n) is 2.39. The number of hydrogen-bond donors (Lipinski definition) is 3. The highest BCUT2D eigenvalue weighted by Crippen LogP contribution is 2.18. The molecule has 0 saturated carbocycles. The standard InChI is InChI=1S/C12H18N2O3/c1-8(7-17-2)6-14-9-3-4-10(12(15)16)11(13)5-9/h3-5,8,14H,6-7,13H2,1-2H3,(H,15,16). The Kier molecular flexibility index (Phi) is 4.78. The Balaban J connectivity index is 2.62. The van der Waals surface area contributed by atoms with Crippen molar-refractivity contribution in [1.82, 2.24) is 0 Å². The number of carbonyl (C=O) groups is 1. The van der Waals surface area contributed by atoms with Crippen molar-refractivity contribution in [2.24, 2.45) is 5.92 Å². The molecule has 17 heavy (non-hydrogen) atoms. The lowest BCUT2D eigenvalue weighted by Crippen LogP contribution is -2.16. The molecule has 0 radical (unpaired) electrons. The van der Waals surface area contributed by atoms with E-state index in [2.05, 4.69) is 12.2 Å². The highest BCUT2D eigenvalue weighted by molar-refractivity contribution is 5.94. The van der Waals surface area contributed by atoms with Crippen molar-refractivity contribution in [3.05, 3.63) is 23.8 Å². The number of nitrogen functional groups attached to an aromatic ring is 1. The molecule has 0 bridgehead atoms. The van der Waals surface area contributed by atoms with Crippen LogP contribution < -0.4 is 11.1 Å². The molecule has 1 aromatic carbocycles. The summed E-state index contributed by atoms with van der Waals surface area (Å²) in [6.07, 6.45) is 0. The summed E-state index contributed by atoms with van der Waals surface area (Å²) >= 11 is 0. The third-order valence-corrected chi connectivity index (χ3v) is 2.39. The first kappa shape index (κ1) is 13.3. The smallest absolute Gasteiger partial charge is 0.337 e. The molecule has 94 valence electrons. The van der Waals surface area contributed by atoms with E-state index in [1.165, 1.54) is 6.07 Å². The van der Waals surface area contributed by atoms with Crippen LogP contribution in [0.3, 0.4) is 0 Å². The van der Waals surface area contributed by atoms with Gasteiger partial charge in [-0.05, 0) is 24.1 Å². The van der Waals surface area contributed by atoms with Gasteiger partial charge in [0.15, 0.2) is 0 Å². The highest BCUT2D eigenvalue weighted by atomic mass is 16.5. The van der Waals surface area contributed by atoms with Gasteiger partial charge < -0.3 is 20.9 Å². The fourth-order valence-electron chi connectivity index (χ4n) is 1.50. The van der Waals surface area contributed by atoms with Crippen LogP contribution >= 0.6 is 0 Å². The average molecular weight is 238 g/mol. The topological polar surface area (TPSA) is 84.6 Å². The van der Waals surface area contributed by atoms with Crippen LogP contribution in [0.25, 0.3) is 0 Å². The monoisotopic (exact) mass is 238 g/mol. The molecule has 5 nitrogen and oxygen atoms in total. The van der Waals surface area contributed by atoms with E-state index in [0.29, 0.717) is 12.5 Å². The van der Waals surface area contributed by atoms with Crippen molar-refractivity contribution < 1.29 is 14.6 Å². The minimum Gasteiger partial charge on any atom is -0.478 e. The zero-order valence-corrected chi connectivity index (χ0v) is 10.1. The van der Waals surface area contributed by atoms with E-state index in [1.807, 2.05) is 0 Å². The van der Waals surface area contributed by atoms with E-state index in [4.69, 9.17) is 15.6 Å². The van der Waals surface area contributed by atoms with Gasteiger partial charge in [-0.15, -0.1) is 0 Å². The lowest BCUT2D eigenvalue weighted by molar-refractivity contribution is 0.0698. The zero-order chi connectivity index (χ0) is 12.8. The largest absolute Gasteiger partial charge is 0.478 e. The molecule has 1 aromatic rings. The molecule has 1 atom stereocenters. The number of aromatic carboxylic acids is 1. The van der Waals surface area contributed by atoms with Crippen molar-refractivity contribution in [2.75, 3.05) is 31.3 Å². The summed E-state index contributed by atoms with van der Waals surface area (Å²) in [6.45, 7) is 3.49. The predicted octanol–water partition coefficient (Wildman–Crippen LogP) is 1.66. The van der Waals surface area contributed by atoms with Gasteiger partial charge in [-0.2, -0.15) is 0 Å². The maximum Gasteiger partial charge on any atom is 0.337 e. The van der Waals surface area contributed by atoms with Crippen LogP contribution in [-0.4, -0.2) is 31.3 Å². The minimum atomic E-state index is -1.01. The number of anilines is 2. The van der Waals surface area contributed by atoms with E-state index < -0.39 is 5.97 Å². The fourth-order valence-corrected chi connectivity index (χ4v) is 1.50. The molecule has 0 aromatic heterocycles. The van der Waals surface area contributed by atoms with Gasteiger partial charge in [-0.1, -0.05) is 6.92 Å². The van der Waals surface area contributed by atoms with E-state index in [9.17, 15) is 4.79 Å². The van der Waals surface area contributed by atoms with Crippen LogP contribution in [0.1, 0.15) is 17.3 Å². The van der Waals surface area contributed by atoms with Crippen LogP contribution in [0, 0.1) is 5.92 Å². The molecule has 0 aliphatic heterocycles. The Morgan fingerprint density at radius 3 is 2.82 bits per heavy atom. The number of benzene rings is 1. The van der Waals surface area contributed by atoms with Crippen LogP contribution in [-0.2, 0) is 4.74 Å². The quantitative estimate of drug-likeness (QED) is 0.656. The van der Waals surface area contributed by atoms with Gasteiger partial charge in [0.25, 0.3) is 0 Å². The molecule has 1 rings (SSSR count). The number of nitrogens with one attached hydrogen (secondary N) is 1. The number of carboxylic acids is 1. The van der Waals surface area contributed by atoms with Crippen molar-refractivity contribution in [1.29, 1.82) is 0 Å². The van der Waals surface area contributed by atoms with Crippen molar-refractivity contribution in [2.45, 2.75) is 6.92 Å². The van der Waals surface area contributed by atoms with Crippen molar-refractivity contribution in [3.63, 3.8) is 0 Å². The summed E-state index contributed by atoms with van der Waals surface area (Å²) in [5.41, 5.74) is 6.85. The summed E-state index contributed by atoms with van der Waals surface area (Å²) < 4.78 is 5.02. The van der Waals surface area contributed by atoms with Crippen LogP contribution in [0.5, 0.6) is 0 Å². The number of hydrogen-bond acceptors (Lipinski definition) is 4. The maximum absolute atomic E-state index is 10.8. The molecule has 0 spiro atoms. The first-order valence-corrected chi connectivity index (χ1v) is 5.40. The Morgan fingerprint density at radius 2 is 2.29 bits per heavy atom. The van der Waals surface area contributed by atoms with E-state index in [0.717, 1.165) is 12.2 Å². The number of methoxy groups -OCH3 is 1. The van der Waals surface area contributed by atoms with Crippen LogP contribution in [0.15, 0.2) is 18.2 Å². The summed E-state index contributed by atoms with van der Waals surface area (Å²) in [4.78, 5) is 10.8. The highest BCUT2D eigenvalue weighted by Gasteiger charge is 2.08. The Hall–Kier alpha value is -1.75. The fraction of sp³-hybridized carbons (Fsp3) is 0.417. The third kappa shape index (κ3) is 3.96. The van der Waals surface area contributed by atoms with Crippen LogP contribution in [0.4, 0.5) is 11.4 Å². The van der Waals surface area contributed by atoms with Gasteiger partial charge in [0.1, 0.15) is 0 Å². The molecular formula is C12H18N2O3. The lowest BCUT2D eigenvalue weighted by Gasteiger charge is -2.13. The van der Waals surface area contributed by atoms with Crippen LogP contribution in [0.2, 0.25) is 0 Å². The first-order chi connectivity index (χ1) is 8.04. The number of ether oxygens (including phenoxy) is 1. The number of rotatable bonds is 6. The Morgan fingerprint density at radius 1 is 1.59 bits per heavy atom. The zero-order valence-electron chi connectivity index (χ0n) is 10.1. The average Bonchev–Trinajstić information content (AvgIpc) is 2.26. The van der Waals surface area contributed by atoms with Gasteiger partial charge >= 0.3 is 5.97 Å². The van der Waals surface area contributed by atoms with Gasteiger partial charge in [-0.3, -0.25) is 0 Å². The van der Waals surface area contributed by atoms with E-state index in [1.54, 1.807) is 19.2 Å². The maximum atomic E-state index is 10.8. The molecule has 0 saturated heterocycles. The second kappa shape index (κ2) is 6.10. The first-order valence-electron chi connectivity index (χ1n) is 5.40. The van der Waals surface area contributed by atoms with E-state index >= 15 is 0 Å². The minimum absolute atomic E-state index is 0.125. The SMILES string of the molecule is COCC(C)CNc1ccc(C(=O)O)c(N)c1. The molecule has 0 amide bonds. The van der Waals surface area contributed by atoms with E-state index in [-0.39, 0.29) is 11.3 Å². The molecule has 0 aliphatic carbocycles. The molecule has 0 aliphatic rings. The molecule has 0 heterocycles. The molecule has 5 heteroatoms. The second-order valence-corrected chi connectivity index (χ2v) is 4.05.